The maximum absolute atomic E-state index is 13.0. The van der Waals surface area contributed by atoms with Crippen LogP contribution in [-0.2, 0) is 4.79 Å². The number of para-hydroxylation sites is 1. The van der Waals surface area contributed by atoms with Crippen molar-refractivity contribution in [1.82, 2.24) is 0 Å². The highest BCUT2D eigenvalue weighted by molar-refractivity contribution is 6.14. The molecule has 31 heavy (non-hydrogen) atoms. The van der Waals surface area contributed by atoms with Crippen molar-refractivity contribution in [1.29, 1.82) is 0 Å². The lowest BCUT2D eigenvalue weighted by Crippen LogP contribution is -2.18. The Bertz CT molecular complexity index is 1050. The van der Waals surface area contributed by atoms with Gasteiger partial charge in [-0.3, -0.25) is 9.59 Å². The van der Waals surface area contributed by atoms with Gasteiger partial charge in [0.15, 0.2) is 0 Å². The summed E-state index contributed by atoms with van der Waals surface area (Å²) in [6, 6.07) is 14.4. The number of hydrogen-bond acceptors (Lipinski definition) is 4. The van der Waals surface area contributed by atoms with Gasteiger partial charge in [0, 0.05) is 17.5 Å². The topological polar surface area (TPSA) is 80.6 Å². The third-order valence-electron chi connectivity index (χ3n) is 5.92. The Hall–Kier alpha value is -3.28. The van der Waals surface area contributed by atoms with Gasteiger partial charge >= 0.3 is 0 Å². The van der Waals surface area contributed by atoms with Gasteiger partial charge in [-0.05, 0) is 48.7 Å². The second-order valence-corrected chi connectivity index (χ2v) is 8.08. The Labute approximate surface area is 182 Å². The fraction of sp³-hybridized carbons (Fsp3) is 0.360. The van der Waals surface area contributed by atoms with Crippen molar-refractivity contribution in [3.8, 4) is 5.75 Å². The second kappa shape index (κ2) is 9.69. The van der Waals surface area contributed by atoms with E-state index in [1.807, 2.05) is 18.2 Å². The lowest BCUT2D eigenvalue weighted by molar-refractivity contribution is -0.116. The summed E-state index contributed by atoms with van der Waals surface area (Å²) in [6.45, 7) is 0. The molecule has 1 fully saturated rings. The predicted molar refractivity (Wildman–Crippen MR) is 122 cm³/mol. The fourth-order valence-electron chi connectivity index (χ4n) is 4.20. The minimum Gasteiger partial charge on any atom is -0.497 e. The molecule has 3 aromatic rings. The number of carbonyl (C=O) groups excluding carboxylic acids is 2. The van der Waals surface area contributed by atoms with Crippen LogP contribution in [-0.4, -0.2) is 18.9 Å². The van der Waals surface area contributed by atoms with Crippen LogP contribution in [0.5, 0.6) is 5.75 Å². The molecule has 0 unspecified atom stereocenters. The van der Waals surface area contributed by atoms with Crippen molar-refractivity contribution in [2.45, 2.75) is 44.9 Å². The molecule has 6 heteroatoms. The first kappa shape index (κ1) is 21.0. The molecule has 1 aliphatic carbocycles. The normalized spacial score (nSPS) is 14.4. The lowest BCUT2D eigenvalue weighted by atomic mass is 9.86. The number of benzene rings is 2. The van der Waals surface area contributed by atoms with Gasteiger partial charge in [0.05, 0.1) is 7.11 Å². The number of fused-ring (bicyclic) bond motifs is 1. The molecule has 1 saturated carbocycles. The Morgan fingerprint density at radius 3 is 2.48 bits per heavy atom. The number of ether oxygens (including phenoxy) is 1. The zero-order chi connectivity index (χ0) is 21.6. The summed E-state index contributed by atoms with van der Waals surface area (Å²) in [5.74, 6) is 0.925. The van der Waals surface area contributed by atoms with Crippen molar-refractivity contribution in [3.05, 3.63) is 54.3 Å². The molecular formula is C25H28N2O4. The number of furan rings is 1. The van der Waals surface area contributed by atoms with Crippen molar-refractivity contribution < 1.29 is 18.7 Å². The average molecular weight is 421 g/mol. The van der Waals surface area contributed by atoms with Crippen LogP contribution in [0.4, 0.5) is 11.4 Å². The molecule has 0 aliphatic heterocycles. The predicted octanol–water partition coefficient (Wildman–Crippen LogP) is 5.99. The SMILES string of the molecule is COc1ccc(NC(=O)c2oc3ccccc3c2NC(=O)CCC2CCCCC2)cc1. The van der Waals surface area contributed by atoms with Crippen molar-refractivity contribution in [3.63, 3.8) is 0 Å². The van der Waals surface area contributed by atoms with Crippen LogP contribution < -0.4 is 15.4 Å². The van der Waals surface area contributed by atoms with Crippen LogP contribution in [0.3, 0.4) is 0 Å². The number of methoxy groups -OCH3 is 1. The van der Waals surface area contributed by atoms with E-state index in [1.165, 1.54) is 32.1 Å². The quantitative estimate of drug-likeness (QED) is 0.492. The van der Waals surface area contributed by atoms with Crippen LogP contribution in [0.1, 0.15) is 55.5 Å². The van der Waals surface area contributed by atoms with Gasteiger partial charge in [-0.2, -0.15) is 0 Å². The van der Waals surface area contributed by atoms with E-state index in [4.69, 9.17) is 9.15 Å². The van der Waals surface area contributed by atoms with E-state index in [9.17, 15) is 9.59 Å². The summed E-state index contributed by atoms with van der Waals surface area (Å²) < 4.78 is 11.0. The molecule has 6 nitrogen and oxygen atoms in total. The van der Waals surface area contributed by atoms with Gasteiger partial charge in [0.2, 0.25) is 11.7 Å². The Balaban J connectivity index is 1.50. The number of nitrogens with one attached hydrogen (secondary N) is 2. The van der Waals surface area contributed by atoms with Gasteiger partial charge < -0.3 is 19.8 Å². The molecule has 1 aromatic heterocycles. The summed E-state index contributed by atoms with van der Waals surface area (Å²) in [4.78, 5) is 25.7. The van der Waals surface area contributed by atoms with Crippen LogP contribution in [0.15, 0.2) is 52.9 Å². The zero-order valence-electron chi connectivity index (χ0n) is 17.8. The third kappa shape index (κ3) is 5.08. The summed E-state index contributed by atoms with van der Waals surface area (Å²) in [5.41, 5.74) is 1.60. The molecule has 0 radical (unpaired) electrons. The van der Waals surface area contributed by atoms with E-state index >= 15 is 0 Å². The highest BCUT2D eigenvalue weighted by atomic mass is 16.5. The minimum atomic E-state index is -0.413. The maximum atomic E-state index is 13.0. The van der Waals surface area contributed by atoms with Gasteiger partial charge in [0.1, 0.15) is 17.0 Å². The maximum Gasteiger partial charge on any atom is 0.293 e. The fourth-order valence-corrected chi connectivity index (χ4v) is 4.20. The standard InChI is InChI=1S/C25H28N2O4/c1-30-19-14-12-18(13-15-19)26-25(29)24-23(20-9-5-6-10-21(20)31-24)27-22(28)16-11-17-7-3-2-4-8-17/h5-6,9-10,12-15,17H,2-4,7-8,11,16H2,1H3,(H,26,29)(H,27,28). The molecule has 0 spiro atoms. The molecule has 0 bridgehead atoms. The summed E-state index contributed by atoms with van der Waals surface area (Å²) in [5, 5.41) is 6.49. The number of rotatable bonds is 7. The van der Waals surface area contributed by atoms with E-state index in [0.29, 0.717) is 40.4 Å². The number of anilines is 2. The first-order chi connectivity index (χ1) is 15.1. The lowest BCUT2D eigenvalue weighted by Gasteiger charge is -2.21. The van der Waals surface area contributed by atoms with Gasteiger partial charge in [-0.25, -0.2) is 0 Å². The first-order valence-electron chi connectivity index (χ1n) is 10.9. The third-order valence-corrected chi connectivity index (χ3v) is 5.92. The van der Waals surface area contributed by atoms with Crippen LogP contribution >= 0.6 is 0 Å². The molecular weight excluding hydrogens is 392 g/mol. The van der Waals surface area contributed by atoms with Crippen molar-refractivity contribution in [2.24, 2.45) is 5.92 Å². The Kier molecular flexibility index (Phi) is 6.55. The largest absolute Gasteiger partial charge is 0.497 e. The monoisotopic (exact) mass is 420 g/mol. The molecule has 0 atom stereocenters. The van der Waals surface area contributed by atoms with E-state index in [0.717, 1.165) is 6.42 Å². The highest BCUT2D eigenvalue weighted by Gasteiger charge is 2.23. The first-order valence-corrected chi connectivity index (χ1v) is 10.9. The molecule has 2 N–H and O–H groups in total. The Morgan fingerprint density at radius 1 is 1.00 bits per heavy atom. The molecule has 1 aliphatic rings. The highest BCUT2D eigenvalue weighted by Crippen LogP contribution is 2.32. The smallest absolute Gasteiger partial charge is 0.293 e. The molecule has 162 valence electrons. The van der Waals surface area contributed by atoms with E-state index in [2.05, 4.69) is 10.6 Å². The van der Waals surface area contributed by atoms with Crippen LogP contribution in [0.25, 0.3) is 11.0 Å². The van der Waals surface area contributed by atoms with E-state index in [-0.39, 0.29) is 11.7 Å². The summed E-state index contributed by atoms with van der Waals surface area (Å²) >= 11 is 0. The Morgan fingerprint density at radius 2 is 1.74 bits per heavy atom. The van der Waals surface area contributed by atoms with Gasteiger partial charge in [0.25, 0.3) is 5.91 Å². The number of amides is 2. The van der Waals surface area contributed by atoms with Crippen LogP contribution in [0, 0.1) is 5.92 Å². The van der Waals surface area contributed by atoms with E-state index < -0.39 is 5.91 Å². The van der Waals surface area contributed by atoms with Gasteiger partial charge in [-0.15, -0.1) is 0 Å². The number of hydrogen-bond donors (Lipinski definition) is 2. The van der Waals surface area contributed by atoms with E-state index in [1.54, 1.807) is 37.4 Å². The molecule has 2 amide bonds. The average Bonchev–Trinajstić information content (AvgIpc) is 3.17. The molecule has 4 rings (SSSR count). The zero-order valence-corrected chi connectivity index (χ0v) is 17.8. The van der Waals surface area contributed by atoms with Crippen molar-refractivity contribution in [2.75, 3.05) is 17.7 Å². The molecule has 0 saturated heterocycles. The molecule has 2 aromatic carbocycles. The van der Waals surface area contributed by atoms with Crippen LogP contribution in [0.2, 0.25) is 0 Å². The van der Waals surface area contributed by atoms with Crippen molar-refractivity contribution >= 4 is 34.2 Å². The molecule has 1 heterocycles. The number of carbonyl (C=O) groups is 2. The summed E-state index contributed by atoms with van der Waals surface area (Å²) in [7, 11) is 1.59. The van der Waals surface area contributed by atoms with Gasteiger partial charge in [-0.1, -0.05) is 44.2 Å². The summed E-state index contributed by atoms with van der Waals surface area (Å²) in [6.07, 6.45) is 7.56. The second-order valence-electron chi connectivity index (χ2n) is 8.08. The minimum absolute atomic E-state index is 0.0874.